The Labute approximate surface area is 213 Å². The number of rotatable bonds is 10. The number of nitrogens with one attached hydrogen (secondary N) is 1. The average molecular weight is 539 g/mol. The van der Waals surface area contributed by atoms with Crippen LogP contribution in [-0.4, -0.2) is 73.1 Å². The van der Waals surface area contributed by atoms with Crippen LogP contribution in [0, 0.1) is 6.92 Å². The van der Waals surface area contributed by atoms with E-state index in [1.165, 1.54) is 51.7 Å². The molecule has 1 aromatic carbocycles. The number of thioether (sulfide) groups is 3. The largest absolute Gasteiger partial charge is 0.477 e. The normalized spacial score (nSPS) is 20.5. The molecule has 0 bridgehead atoms. The second-order valence-corrected chi connectivity index (χ2v) is 11.5. The molecule has 1 aromatic heterocycles. The molecular weight excluding hydrogens is 517 g/mol. The van der Waals surface area contributed by atoms with Gasteiger partial charge in [-0.1, -0.05) is 42.1 Å². The maximum atomic E-state index is 13.1. The smallest absolute Gasteiger partial charge is 0.352 e. The molecule has 1 saturated heterocycles. The van der Waals surface area contributed by atoms with E-state index in [1.807, 2.05) is 30.3 Å². The Hall–Kier alpha value is -2.06. The minimum Gasteiger partial charge on any atom is -0.477 e. The first kappa shape index (κ1) is 25.0. The summed E-state index contributed by atoms with van der Waals surface area (Å²) in [4.78, 5) is 43.7. The number of fused-ring (bicyclic) bond motifs is 1. The van der Waals surface area contributed by atoms with E-state index >= 15 is 0 Å². The van der Waals surface area contributed by atoms with Crippen molar-refractivity contribution in [1.29, 1.82) is 0 Å². The molecule has 2 aromatic rings. The number of carboxylic acid groups (broad SMARTS) is 1. The molecule has 0 aliphatic carbocycles. The van der Waals surface area contributed by atoms with Gasteiger partial charge in [0.25, 0.3) is 5.91 Å². The first-order valence-corrected chi connectivity index (χ1v) is 14.0. The fraction of sp³-hybridized carbons (Fsp3) is 0.381. The van der Waals surface area contributed by atoms with Crippen molar-refractivity contribution in [2.24, 2.45) is 0 Å². The summed E-state index contributed by atoms with van der Waals surface area (Å²) in [7, 11) is 1.56. The molecule has 0 spiro atoms. The second kappa shape index (κ2) is 11.1. The Morgan fingerprint density at radius 3 is 2.76 bits per heavy atom. The third-order valence-electron chi connectivity index (χ3n) is 5.12. The number of ether oxygens (including phenoxy) is 1. The highest BCUT2D eigenvalue weighted by atomic mass is 32.2. The molecule has 9 nitrogen and oxygen atoms in total. The van der Waals surface area contributed by atoms with Crippen LogP contribution >= 0.6 is 46.8 Å². The highest BCUT2D eigenvalue weighted by molar-refractivity contribution is 8.01. The Kier molecular flexibility index (Phi) is 8.19. The van der Waals surface area contributed by atoms with Gasteiger partial charge in [0.05, 0.1) is 5.94 Å². The molecule has 2 aliphatic heterocycles. The monoisotopic (exact) mass is 538 g/mol. The summed E-state index contributed by atoms with van der Waals surface area (Å²) in [5.74, 6) is -0.0237. The van der Waals surface area contributed by atoms with E-state index in [9.17, 15) is 19.5 Å². The number of hydrogen-bond acceptors (Lipinski definition) is 10. The number of β-lactam (4-membered cyclic amide) rings is 1. The Balaban J connectivity index is 1.47. The third-order valence-corrected chi connectivity index (χ3v) is 9.66. The minimum absolute atomic E-state index is 0.00125. The number of aromatic nitrogens is 2. The molecule has 3 heterocycles. The first-order valence-electron chi connectivity index (χ1n) is 10.2. The van der Waals surface area contributed by atoms with Gasteiger partial charge in [-0.2, -0.15) is 4.37 Å². The highest BCUT2D eigenvalue weighted by Gasteiger charge is 2.54. The predicted molar refractivity (Wildman–Crippen MR) is 134 cm³/mol. The van der Waals surface area contributed by atoms with Crippen molar-refractivity contribution in [2.75, 3.05) is 24.6 Å². The van der Waals surface area contributed by atoms with Crippen molar-refractivity contribution in [2.45, 2.75) is 27.9 Å². The Morgan fingerprint density at radius 1 is 1.35 bits per heavy atom. The quantitative estimate of drug-likeness (QED) is 0.265. The van der Waals surface area contributed by atoms with E-state index in [2.05, 4.69) is 14.7 Å². The molecule has 1 fully saturated rings. The van der Waals surface area contributed by atoms with Crippen molar-refractivity contribution in [3.05, 3.63) is 53.0 Å². The summed E-state index contributed by atoms with van der Waals surface area (Å²) in [5.41, 5.74) is 1.46. The number of methoxy groups -OCH3 is 1. The van der Waals surface area contributed by atoms with Crippen molar-refractivity contribution < 1.29 is 24.2 Å². The Morgan fingerprint density at radius 2 is 2.12 bits per heavy atom. The van der Waals surface area contributed by atoms with Crippen molar-refractivity contribution >= 4 is 64.6 Å². The molecule has 180 valence electrons. The van der Waals surface area contributed by atoms with Crippen LogP contribution in [0.25, 0.3) is 0 Å². The van der Waals surface area contributed by atoms with Crippen LogP contribution in [0.4, 0.5) is 0 Å². The molecule has 13 heteroatoms. The number of amides is 2. The highest BCUT2D eigenvalue weighted by Crippen LogP contribution is 2.42. The lowest BCUT2D eigenvalue weighted by Crippen LogP contribution is -2.70. The molecule has 34 heavy (non-hydrogen) atoms. The number of benzene rings is 1. The van der Waals surface area contributed by atoms with Crippen LogP contribution in [0.3, 0.4) is 0 Å². The molecule has 2 unspecified atom stereocenters. The van der Waals surface area contributed by atoms with Crippen LogP contribution in [0.2, 0.25) is 0 Å². The zero-order valence-electron chi connectivity index (χ0n) is 18.3. The number of carbonyl (C=O) groups excluding carboxylic acids is 2. The molecular formula is C21H22N4O5S4. The van der Waals surface area contributed by atoms with E-state index in [0.717, 1.165) is 9.90 Å². The zero-order chi connectivity index (χ0) is 24.2. The molecule has 0 saturated carbocycles. The molecule has 3 atom stereocenters. The van der Waals surface area contributed by atoms with E-state index in [1.54, 1.807) is 14.0 Å². The number of carboxylic acids is 1. The van der Waals surface area contributed by atoms with Gasteiger partial charge in [-0.3, -0.25) is 14.5 Å². The van der Waals surface area contributed by atoms with Gasteiger partial charge in [0.15, 0.2) is 4.34 Å². The SMILES string of the molecule is COCSC(C(=O)N[C@H]1C(=O)N2C(C(=O)O)=C(CSc3nc(C)ns3)CSC12)c1ccccc1. The topological polar surface area (TPSA) is 122 Å². The molecule has 2 aliphatic rings. The van der Waals surface area contributed by atoms with Gasteiger partial charge >= 0.3 is 5.97 Å². The van der Waals surface area contributed by atoms with E-state index < -0.39 is 28.5 Å². The summed E-state index contributed by atoms with van der Waals surface area (Å²) in [6, 6.07) is 8.50. The van der Waals surface area contributed by atoms with E-state index in [0.29, 0.717) is 28.8 Å². The van der Waals surface area contributed by atoms with Crippen molar-refractivity contribution in [1.82, 2.24) is 19.6 Å². The average Bonchev–Trinajstić information content (AvgIpc) is 3.26. The number of carbonyl (C=O) groups is 3. The summed E-state index contributed by atoms with van der Waals surface area (Å²) >= 11 is 5.44. The summed E-state index contributed by atoms with van der Waals surface area (Å²) in [5, 5.41) is 11.7. The molecule has 4 rings (SSSR count). The molecule has 0 radical (unpaired) electrons. The van der Waals surface area contributed by atoms with Crippen LogP contribution in [0.1, 0.15) is 16.6 Å². The van der Waals surface area contributed by atoms with Gasteiger partial charge in [-0.15, -0.1) is 23.5 Å². The standard InChI is InChI=1S/C21H22N4O5S4/c1-11-22-21(34-24-11)32-9-13-8-31-19-14(18(27)25(19)15(13)20(28)29)23-17(26)16(33-10-30-2)12-6-4-3-5-7-12/h3-7,14,16,19H,8-10H2,1-2H3,(H,23,26)(H,28,29)/t14-,16?,19?/m0/s1. The predicted octanol–water partition coefficient (Wildman–Crippen LogP) is 2.76. The van der Waals surface area contributed by atoms with Gasteiger partial charge < -0.3 is 15.2 Å². The first-order chi connectivity index (χ1) is 16.4. The lowest BCUT2D eigenvalue weighted by Gasteiger charge is -2.49. The maximum Gasteiger partial charge on any atom is 0.352 e. The molecule has 2 N–H and O–H groups in total. The fourth-order valence-corrected chi connectivity index (χ4v) is 7.57. The van der Waals surface area contributed by atoms with Gasteiger partial charge in [-0.25, -0.2) is 9.78 Å². The number of aryl methyl sites for hydroxylation is 1. The number of nitrogens with zero attached hydrogens (tertiary/aromatic N) is 3. The van der Waals surface area contributed by atoms with E-state index in [4.69, 9.17) is 4.74 Å². The van der Waals surface area contributed by atoms with Gasteiger partial charge in [0.1, 0.15) is 28.2 Å². The number of aliphatic carboxylic acids is 1. The van der Waals surface area contributed by atoms with Crippen LogP contribution in [-0.2, 0) is 19.1 Å². The molecule has 2 amide bonds. The second-order valence-electron chi connectivity index (χ2n) is 7.41. The van der Waals surface area contributed by atoms with Crippen molar-refractivity contribution in [3.63, 3.8) is 0 Å². The maximum absolute atomic E-state index is 13.1. The van der Waals surface area contributed by atoms with Gasteiger partial charge in [-0.05, 0) is 29.6 Å². The van der Waals surface area contributed by atoms with Gasteiger partial charge in [0.2, 0.25) is 5.91 Å². The minimum atomic E-state index is -1.15. The van der Waals surface area contributed by atoms with Crippen LogP contribution in [0.15, 0.2) is 45.9 Å². The van der Waals surface area contributed by atoms with E-state index in [-0.39, 0.29) is 11.6 Å². The van der Waals surface area contributed by atoms with Crippen molar-refractivity contribution in [3.8, 4) is 0 Å². The summed E-state index contributed by atoms with van der Waals surface area (Å²) in [6.07, 6.45) is 0. The Bertz CT molecular complexity index is 1110. The number of hydrogen-bond donors (Lipinski definition) is 2. The summed E-state index contributed by atoms with van der Waals surface area (Å²) in [6.45, 7) is 1.80. The van der Waals surface area contributed by atoms with Crippen LogP contribution in [0.5, 0.6) is 0 Å². The van der Waals surface area contributed by atoms with Gasteiger partial charge in [0, 0.05) is 18.6 Å². The third kappa shape index (κ3) is 5.28. The van der Waals surface area contributed by atoms with Crippen LogP contribution < -0.4 is 5.32 Å². The lowest BCUT2D eigenvalue weighted by atomic mass is 10.0. The summed E-state index contributed by atoms with van der Waals surface area (Å²) < 4.78 is 10.0. The lowest BCUT2D eigenvalue weighted by molar-refractivity contribution is -0.150. The zero-order valence-corrected chi connectivity index (χ0v) is 21.6. The fourth-order valence-electron chi connectivity index (χ4n) is 3.60.